The number of aryl methyl sites for hydroxylation is 1. The quantitative estimate of drug-likeness (QED) is 0.732. The molecule has 31 heavy (non-hydrogen) atoms. The van der Waals surface area contributed by atoms with Gasteiger partial charge in [-0.25, -0.2) is 9.97 Å². The van der Waals surface area contributed by atoms with Crippen molar-refractivity contribution in [1.29, 1.82) is 0 Å². The number of amides is 1. The Bertz CT molecular complexity index is 855. The predicted molar refractivity (Wildman–Crippen MR) is 119 cm³/mol. The Hall–Kier alpha value is -2.32. The average molecular weight is 427 g/mol. The highest BCUT2D eigenvalue weighted by Gasteiger charge is 2.30. The first-order valence-corrected chi connectivity index (χ1v) is 11.6. The standard InChI is InChI=1S/C23H34N6O2/c1-3-4-21-24-8-5-20(26-21)19-15-25-27-22(19)18-6-9-29(10-7-18)23(30)17(2)16-28-11-13-31-14-12-28/h5,8,15,17-18H,3-4,6-7,9-14,16H2,1-2H3,(H,25,27)/t17-/m1/s1. The maximum Gasteiger partial charge on any atom is 0.226 e. The minimum atomic E-state index is 0.0235. The highest BCUT2D eigenvalue weighted by atomic mass is 16.5. The molecular formula is C23H34N6O2. The van der Waals surface area contributed by atoms with Crippen LogP contribution in [0.4, 0.5) is 0 Å². The number of carbonyl (C=O) groups excluding carboxylic acids is 1. The van der Waals surface area contributed by atoms with Gasteiger partial charge in [-0.05, 0) is 25.3 Å². The van der Waals surface area contributed by atoms with Crippen molar-refractivity contribution < 1.29 is 9.53 Å². The van der Waals surface area contributed by atoms with Gasteiger partial charge in [0.25, 0.3) is 0 Å². The summed E-state index contributed by atoms with van der Waals surface area (Å²) in [6.45, 7) is 9.98. The van der Waals surface area contributed by atoms with Crippen molar-refractivity contribution in [2.45, 2.75) is 45.4 Å². The average Bonchev–Trinajstić information content (AvgIpc) is 3.30. The molecule has 2 saturated heterocycles. The summed E-state index contributed by atoms with van der Waals surface area (Å²) in [7, 11) is 0. The molecule has 1 amide bonds. The summed E-state index contributed by atoms with van der Waals surface area (Å²) in [5.41, 5.74) is 3.12. The van der Waals surface area contributed by atoms with E-state index < -0.39 is 0 Å². The number of nitrogens with one attached hydrogen (secondary N) is 1. The van der Waals surface area contributed by atoms with Gasteiger partial charge in [-0.3, -0.25) is 14.8 Å². The number of rotatable bonds is 7. The zero-order valence-electron chi connectivity index (χ0n) is 18.7. The van der Waals surface area contributed by atoms with Crippen LogP contribution in [0.1, 0.15) is 50.5 Å². The van der Waals surface area contributed by atoms with E-state index in [4.69, 9.17) is 9.72 Å². The third-order valence-electron chi connectivity index (χ3n) is 6.40. The number of morpholine rings is 1. The van der Waals surface area contributed by atoms with E-state index in [9.17, 15) is 4.79 Å². The summed E-state index contributed by atoms with van der Waals surface area (Å²) in [6, 6.07) is 1.96. The molecule has 0 unspecified atom stereocenters. The molecule has 0 radical (unpaired) electrons. The number of hydrogen-bond donors (Lipinski definition) is 1. The molecule has 168 valence electrons. The molecule has 0 aromatic carbocycles. The lowest BCUT2D eigenvalue weighted by molar-refractivity contribution is -0.137. The topological polar surface area (TPSA) is 87.2 Å². The fourth-order valence-electron chi connectivity index (χ4n) is 4.65. The number of likely N-dealkylation sites (tertiary alicyclic amines) is 1. The van der Waals surface area contributed by atoms with Crippen LogP contribution in [0.25, 0.3) is 11.3 Å². The van der Waals surface area contributed by atoms with Gasteiger partial charge in [0, 0.05) is 68.4 Å². The molecule has 2 fully saturated rings. The minimum Gasteiger partial charge on any atom is -0.379 e. The third kappa shape index (κ3) is 5.30. The van der Waals surface area contributed by atoms with Crippen molar-refractivity contribution in [3.8, 4) is 11.3 Å². The molecule has 1 atom stereocenters. The van der Waals surface area contributed by atoms with Crippen LogP contribution in [0.3, 0.4) is 0 Å². The van der Waals surface area contributed by atoms with E-state index in [1.54, 1.807) is 0 Å². The molecule has 2 aliphatic rings. The highest BCUT2D eigenvalue weighted by molar-refractivity contribution is 5.78. The fraction of sp³-hybridized carbons (Fsp3) is 0.652. The zero-order chi connectivity index (χ0) is 21.6. The van der Waals surface area contributed by atoms with Crippen molar-refractivity contribution >= 4 is 5.91 Å². The highest BCUT2D eigenvalue weighted by Crippen LogP contribution is 2.33. The van der Waals surface area contributed by atoms with E-state index in [0.717, 1.165) is 94.4 Å². The Labute approximate surface area is 184 Å². The molecule has 0 bridgehead atoms. The predicted octanol–water partition coefficient (Wildman–Crippen LogP) is 2.49. The first kappa shape index (κ1) is 21.9. The van der Waals surface area contributed by atoms with Gasteiger partial charge in [0.2, 0.25) is 5.91 Å². The lowest BCUT2D eigenvalue weighted by Gasteiger charge is -2.35. The Kier molecular flexibility index (Phi) is 7.29. The van der Waals surface area contributed by atoms with Crippen molar-refractivity contribution in [2.24, 2.45) is 5.92 Å². The number of hydrogen-bond acceptors (Lipinski definition) is 6. The van der Waals surface area contributed by atoms with Crippen molar-refractivity contribution in [3.05, 3.63) is 30.0 Å². The number of H-pyrrole nitrogens is 1. The minimum absolute atomic E-state index is 0.0235. The third-order valence-corrected chi connectivity index (χ3v) is 6.40. The molecule has 2 aliphatic heterocycles. The van der Waals surface area contributed by atoms with E-state index in [-0.39, 0.29) is 11.8 Å². The van der Waals surface area contributed by atoms with Crippen LogP contribution < -0.4 is 0 Å². The van der Waals surface area contributed by atoms with Crippen LogP contribution in [0, 0.1) is 5.92 Å². The lowest BCUT2D eigenvalue weighted by atomic mass is 9.90. The maximum atomic E-state index is 13.0. The number of nitrogens with zero attached hydrogens (tertiary/aromatic N) is 5. The van der Waals surface area contributed by atoms with Gasteiger partial charge < -0.3 is 9.64 Å². The van der Waals surface area contributed by atoms with E-state index in [2.05, 4.69) is 33.9 Å². The fourth-order valence-corrected chi connectivity index (χ4v) is 4.65. The molecule has 2 aromatic heterocycles. The second kappa shape index (κ2) is 10.3. The first-order chi connectivity index (χ1) is 15.2. The molecular weight excluding hydrogens is 392 g/mol. The zero-order valence-corrected chi connectivity index (χ0v) is 18.7. The molecule has 2 aromatic rings. The van der Waals surface area contributed by atoms with E-state index >= 15 is 0 Å². The Morgan fingerprint density at radius 3 is 2.77 bits per heavy atom. The van der Waals surface area contributed by atoms with Crippen LogP contribution in [-0.4, -0.2) is 81.8 Å². The first-order valence-electron chi connectivity index (χ1n) is 11.6. The molecule has 1 N–H and O–H groups in total. The second-order valence-corrected chi connectivity index (χ2v) is 8.72. The van der Waals surface area contributed by atoms with Crippen molar-refractivity contribution in [1.82, 2.24) is 30.0 Å². The molecule has 4 rings (SSSR count). The van der Waals surface area contributed by atoms with Gasteiger partial charge in [-0.1, -0.05) is 13.8 Å². The van der Waals surface area contributed by atoms with E-state index in [1.165, 1.54) is 0 Å². The van der Waals surface area contributed by atoms with Crippen molar-refractivity contribution in [3.63, 3.8) is 0 Å². The number of piperidine rings is 1. The van der Waals surface area contributed by atoms with Crippen molar-refractivity contribution in [2.75, 3.05) is 45.9 Å². The van der Waals surface area contributed by atoms with Gasteiger partial charge >= 0.3 is 0 Å². The number of aromatic amines is 1. The number of carbonyl (C=O) groups is 1. The second-order valence-electron chi connectivity index (χ2n) is 8.72. The summed E-state index contributed by atoms with van der Waals surface area (Å²) in [6.07, 6.45) is 7.50. The largest absolute Gasteiger partial charge is 0.379 e. The van der Waals surface area contributed by atoms with Crippen LogP contribution in [-0.2, 0) is 16.0 Å². The number of ether oxygens (including phenoxy) is 1. The Balaban J connectivity index is 1.36. The van der Waals surface area contributed by atoms with Crippen LogP contribution in [0.5, 0.6) is 0 Å². The summed E-state index contributed by atoms with van der Waals surface area (Å²) >= 11 is 0. The lowest BCUT2D eigenvalue weighted by Crippen LogP contribution is -2.46. The maximum absolute atomic E-state index is 13.0. The Morgan fingerprint density at radius 2 is 2.03 bits per heavy atom. The van der Waals surface area contributed by atoms with Crippen LogP contribution in [0.2, 0.25) is 0 Å². The van der Waals surface area contributed by atoms with E-state index in [0.29, 0.717) is 5.92 Å². The van der Waals surface area contributed by atoms with Crippen LogP contribution in [0.15, 0.2) is 18.5 Å². The number of aromatic nitrogens is 4. The van der Waals surface area contributed by atoms with Gasteiger partial charge in [-0.15, -0.1) is 0 Å². The van der Waals surface area contributed by atoms with Gasteiger partial charge in [0.1, 0.15) is 5.82 Å². The molecule has 4 heterocycles. The Morgan fingerprint density at radius 1 is 1.26 bits per heavy atom. The van der Waals surface area contributed by atoms with Gasteiger partial charge in [0.05, 0.1) is 25.1 Å². The summed E-state index contributed by atoms with van der Waals surface area (Å²) in [4.78, 5) is 26.5. The SMILES string of the molecule is CCCc1nccc(-c2cn[nH]c2C2CCN(C(=O)[C@H](C)CN3CCOCC3)CC2)n1. The normalized spacial score (nSPS) is 19.5. The molecule has 8 heteroatoms. The molecule has 0 saturated carbocycles. The molecule has 0 aliphatic carbocycles. The summed E-state index contributed by atoms with van der Waals surface area (Å²) < 4.78 is 5.41. The van der Waals surface area contributed by atoms with E-state index in [1.807, 2.05) is 23.4 Å². The smallest absolute Gasteiger partial charge is 0.226 e. The molecule has 0 spiro atoms. The van der Waals surface area contributed by atoms with Gasteiger partial charge in [0.15, 0.2) is 0 Å². The van der Waals surface area contributed by atoms with Gasteiger partial charge in [-0.2, -0.15) is 5.10 Å². The summed E-state index contributed by atoms with van der Waals surface area (Å²) in [5, 5.41) is 7.53. The summed E-state index contributed by atoms with van der Waals surface area (Å²) in [5.74, 6) is 1.53. The molecule has 8 nitrogen and oxygen atoms in total. The van der Waals surface area contributed by atoms with Crippen LogP contribution >= 0.6 is 0 Å². The monoisotopic (exact) mass is 426 g/mol.